The Hall–Kier alpha value is -3.88. The van der Waals surface area contributed by atoms with E-state index in [9.17, 15) is 14.4 Å². The van der Waals surface area contributed by atoms with Gasteiger partial charge in [0.15, 0.2) is 6.39 Å². The zero-order valence-electron chi connectivity index (χ0n) is 19.3. The number of esters is 1. The van der Waals surface area contributed by atoms with Gasteiger partial charge < -0.3 is 23.4 Å². The summed E-state index contributed by atoms with van der Waals surface area (Å²) in [6, 6.07) is 11.3. The van der Waals surface area contributed by atoms with E-state index in [-0.39, 0.29) is 35.1 Å². The molecule has 4 rings (SSSR count). The van der Waals surface area contributed by atoms with Crippen molar-refractivity contribution in [3.8, 4) is 5.75 Å². The number of nitrogens with zero attached hydrogens (tertiary/aromatic N) is 3. The average molecular weight is 466 g/mol. The Labute approximate surface area is 196 Å². The summed E-state index contributed by atoms with van der Waals surface area (Å²) in [5.41, 5.74) is 2.14. The summed E-state index contributed by atoms with van der Waals surface area (Å²) in [6.07, 6.45) is 3.06. The molecule has 34 heavy (non-hydrogen) atoms. The topological polar surface area (TPSA) is 104 Å². The molecule has 0 saturated carbocycles. The second-order valence-electron chi connectivity index (χ2n) is 8.06. The molecule has 2 aromatic heterocycles. The lowest BCUT2D eigenvalue weighted by molar-refractivity contribution is 0.0593. The fourth-order valence-corrected chi connectivity index (χ4v) is 4.14. The Morgan fingerprint density at radius 2 is 1.94 bits per heavy atom. The van der Waals surface area contributed by atoms with E-state index in [2.05, 4.69) is 4.98 Å². The van der Waals surface area contributed by atoms with Crippen molar-refractivity contribution in [2.24, 2.45) is 0 Å². The number of fused-ring (bicyclic) bond motifs is 1. The molecule has 0 saturated heterocycles. The molecule has 0 fully saturated rings. The molecule has 0 N–H and O–H groups in total. The largest absolute Gasteiger partial charge is 0.492 e. The summed E-state index contributed by atoms with van der Waals surface area (Å²) in [6.45, 7) is 2.89. The van der Waals surface area contributed by atoms with Crippen LogP contribution in [-0.4, -0.2) is 53.1 Å². The third-order valence-electron chi connectivity index (χ3n) is 5.92. The molecule has 1 aliphatic heterocycles. The Bertz CT molecular complexity index is 1230. The third kappa shape index (κ3) is 4.88. The van der Waals surface area contributed by atoms with E-state index in [4.69, 9.17) is 13.9 Å². The van der Waals surface area contributed by atoms with Crippen LogP contribution < -0.4 is 10.3 Å². The quantitative estimate of drug-likeness (QED) is 0.390. The summed E-state index contributed by atoms with van der Waals surface area (Å²) in [5, 5.41) is 0. The molecule has 9 heteroatoms. The fraction of sp³-hybridized carbons (Fsp3) is 0.360. The van der Waals surface area contributed by atoms with E-state index < -0.39 is 5.97 Å². The molecular weight excluding hydrogens is 438 g/mol. The first-order valence-electron chi connectivity index (χ1n) is 11.2. The maximum atomic E-state index is 12.9. The summed E-state index contributed by atoms with van der Waals surface area (Å²) in [5.74, 6) is -0.489. The monoisotopic (exact) mass is 465 g/mol. The number of carbonyl (C=O) groups excluding carboxylic acids is 2. The standard InChI is InChI=1S/C25H27N3O6/c1-17-23(34-16-26-17)24(30)27-11-10-19-22(25(31)32-2)20(15-21(29)28(19)13-12-27)33-14-6-9-18-7-4-3-5-8-18/h3-5,7-8,15-16H,6,9-14H2,1-2H3. The van der Waals surface area contributed by atoms with Gasteiger partial charge in [0.1, 0.15) is 11.3 Å². The van der Waals surface area contributed by atoms with Crippen LogP contribution in [0.5, 0.6) is 5.75 Å². The van der Waals surface area contributed by atoms with Crippen LogP contribution in [0.4, 0.5) is 0 Å². The van der Waals surface area contributed by atoms with Crippen molar-refractivity contribution in [2.45, 2.75) is 32.7 Å². The number of oxazole rings is 1. The number of pyridine rings is 1. The predicted molar refractivity (Wildman–Crippen MR) is 123 cm³/mol. The van der Waals surface area contributed by atoms with Crippen LogP contribution in [0, 0.1) is 6.92 Å². The van der Waals surface area contributed by atoms with Crippen molar-refractivity contribution >= 4 is 11.9 Å². The molecule has 0 bridgehead atoms. The van der Waals surface area contributed by atoms with Gasteiger partial charge in [0, 0.05) is 37.8 Å². The third-order valence-corrected chi connectivity index (χ3v) is 5.92. The summed E-state index contributed by atoms with van der Waals surface area (Å²) in [7, 11) is 1.29. The first-order valence-corrected chi connectivity index (χ1v) is 11.2. The Balaban J connectivity index is 1.54. The summed E-state index contributed by atoms with van der Waals surface area (Å²) < 4.78 is 17.7. The molecular formula is C25H27N3O6. The molecule has 178 valence electrons. The number of aromatic nitrogens is 2. The maximum Gasteiger partial charge on any atom is 0.343 e. The maximum absolute atomic E-state index is 12.9. The molecule has 0 atom stereocenters. The van der Waals surface area contributed by atoms with E-state index in [0.717, 1.165) is 12.8 Å². The van der Waals surface area contributed by atoms with E-state index in [1.54, 1.807) is 11.8 Å². The summed E-state index contributed by atoms with van der Waals surface area (Å²) >= 11 is 0. The van der Waals surface area contributed by atoms with Crippen LogP contribution in [0.3, 0.4) is 0 Å². The van der Waals surface area contributed by atoms with Crippen LogP contribution in [-0.2, 0) is 24.1 Å². The lowest BCUT2D eigenvalue weighted by Gasteiger charge is -2.18. The smallest absolute Gasteiger partial charge is 0.343 e. The molecule has 1 amide bonds. The Morgan fingerprint density at radius 1 is 1.15 bits per heavy atom. The number of rotatable bonds is 7. The van der Waals surface area contributed by atoms with Crippen molar-refractivity contribution in [3.05, 3.63) is 81.4 Å². The van der Waals surface area contributed by atoms with Crippen LogP contribution in [0.25, 0.3) is 0 Å². The Kier molecular flexibility index (Phi) is 7.10. The number of methoxy groups -OCH3 is 1. The Morgan fingerprint density at radius 3 is 2.65 bits per heavy atom. The average Bonchev–Trinajstić information content (AvgIpc) is 3.15. The second-order valence-corrected chi connectivity index (χ2v) is 8.06. The van der Waals surface area contributed by atoms with Gasteiger partial charge in [0.05, 0.1) is 19.4 Å². The van der Waals surface area contributed by atoms with Crippen LogP contribution >= 0.6 is 0 Å². The lowest BCUT2D eigenvalue weighted by Crippen LogP contribution is -2.34. The molecule has 1 aromatic carbocycles. The van der Waals surface area contributed by atoms with Crippen LogP contribution in [0.15, 0.2) is 52.0 Å². The van der Waals surface area contributed by atoms with E-state index in [1.807, 2.05) is 30.3 Å². The summed E-state index contributed by atoms with van der Waals surface area (Å²) in [4.78, 5) is 44.1. The van der Waals surface area contributed by atoms with E-state index >= 15 is 0 Å². The molecule has 3 aromatic rings. The van der Waals surface area contributed by atoms with Crippen molar-refractivity contribution < 1.29 is 23.5 Å². The fourth-order valence-electron chi connectivity index (χ4n) is 4.14. The highest BCUT2D eigenvalue weighted by molar-refractivity contribution is 5.94. The SMILES string of the molecule is COC(=O)c1c(OCCCc2ccccc2)cc(=O)n2c1CCN(C(=O)c1ocnc1C)CC2. The lowest BCUT2D eigenvalue weighted by atomic mass is 10.1. The first-order chi connectivity index (χ1) is 16.5. The zero-order valence-corrected chi connectivity index (χ0v) is 19.3. The predicted octanol–water partition coefficient (Wildman–Crippen LogP) is 2.64. The van der Waals surface area contributed by atoms with Gasteiger partial charge in [-0.1, -0.05) is 30.3 Å². The van der Waals surface area contributed by atoms with Gasteiger partial charge in [0.25, 0.3) is 11.5 Å². The van der Waals surface area contributed by atoms with Crippen LogP contribution in [0.1, 0.15) is 44.3 Å². The van der Waals surface area contributed by atoms with Gasteiger partial charge in [-0.3, -0.25) is 9.59 Å². The van der Waals surface area contributed by atoms with Gasteiger partial charge in [-0.2, -0.15) is 0 Å². The number of benzene rings is 1. The number of hydrogen-bond acceptors (Lipinski definition) is 7. The molecule has 0 radical (unpaired) electrons. The first kappa shape index (κ1) is 23.3. The van der Waals surface area contributed by atoms with Gasteiger partial charge in [-0.15, -0.1) is 0 Å². The number of carbonyl (C=O) groups is 2. The molecule has 0 aliphatic carbocycles. The highest BCUT2D eigenvalue weighted by atomic mass is 16.5. The minimum Gasteiger partial charge on any atom is -0.492 e. The molecule has 9 nitrogen and oxygen atoms in total. The van der Waals surface area contributed by atoms with Gasteiger partial charge >= 0.3 is 5.97 Å². The molecule has 3 heterocycles. The van der Waals surface area contributed by atoms with E-state index in [0.29, 0.717) is 37.5 Å². The molecule has 0 spiro atoms. The molecule has 1 aliphatic rings. The highest BCUT2D eigenvalue weighted by Crippen LogP contribution is 2.25. The highest BCUT2D eigenvalue weighted by Gasteiger charge is 2.29. The number of hydrogen-bond donors (Lipinski definition) is 0. The number of amides is 1. The zero-order chi connectivity index (χ0) is 24.1. The van der Waals surface area contributed by atoms with Gasteiger partial charge in [0.2, 0.25) is 5.76 Å². The molecule has 0 unspecified atom stereocenters. The van der Waals surface area contributed by atoms with Crippen molar-refractivity contribution in [3.63, 3.8) is 0 Å². The minimum atomic E-state index is -0.576. The number of aryl methyl sites for hydroxylation is 2. The van der Waals surface area contributed by atoms with Gasteiger partial charge in [-0.05, 0) is 25.3 Å². The van der Waals surface area contributed by atoms with Crippen molar-refractivity contribution in [1.82, 2.24) is 14.5 Å². The minimum absolute atomic E-state index is 0.175. The van der Waals surface area contributed by atoms with Crippen LogP contribution in [0.2, 0.25) is 0 Å². The van der Waals surface area contributed by atoms with E-state index in [1.165, 1.54) is 29.7 Å². The normalized spacial score (nSPS) is 13.2. The van der Waals surface area contributed by atoms with Crippen molar-refractivity contribution in [1.29, 1.82) is 0 Å². The number of ether oxygens (including phenoxy) is 2. The second kappa shape index (κ2) is 10.4. The van der Waals surface area contributed by atoms with Crippen molar-refractivity contribution in [2.75, 3.05) is 26.8 Å². The van der Waals surface area contributed by atoms with Gasteiger partial charge in [-0.25, -0.2) is 9.78 Å².